The van der Waals surface area contributed by atoms with Gasteiger partial charge in [0.2, 0.25) is 0 Å². The highest BCUT2D eigenvalue weighted by molar-refractivity contribution is 6.24. The molecule has 0 amide bonds. The van der Waals surface area contributed by atoms with Gasteiger partial charge in [0.15, 0.2) is 0 Å². The van der Waals surface area contributed by atoms with Gasteiger partial charge in [-0.25, -0.2) is 24.4 Å². The number of hydrogen-bond donors (Lipinski definition) is 0. The Balaban J connectivity index is 0.752. The van der Waals surface area contributed by atoms with E-state index in [1.54, 1.807) is 45.0 Å². The fraction of sp³-hybridized carbons (Fsp3) is 0.402. The van der Waals surface area contributed by atoms with Gasteiger partial charge in [-0.1, -0.05) is 37.9 Å². The number of fused-ring (bicyclic) bond motifs is 7. The summed E-state index contributed by atoms with van der Waals surface area (Å²) >= 11 is 0. The Hall–Kier alpha value is -9.81. The molecule has 0 atom stereocenters. The maximum Gasteiger partial charge on any atom is 0.333 e. The zero-order chi connectivity index (χ0) is 70.2. The number of carbonyl (C=O) groups is 5. The second kappa shape index (κ2) is 36.9. The number of rotatable bonds is 37. The van der Waals surface area contributed by atoms with Gasteiger partial charge in [0.25, 0.3) is 0 Å². The number of ether oxygens (including phenoxy) is 11. The van der Waals surface area contributed by atoms with Crippen molar-refractivity contribution in [2.45, 2.75) is 124 Å². The summed E-state index contributed by atoms with van der Waals surface area (Å²) in [6.07, 6.45) is 13.2. The maximum absolute atomic E-state index is 13.4. The zero-order valence-electron chi connectivity index (χ0n) is 57.9. The molecule has 100 heavy (non-hydrogen) atoms. The van der Waals surface area contributed by atoms with Gasteiger partial charge < -0.3 is 52.1 Å². The quantitative estimate of drug-likeness (QED) is 0.00673. The first-order chi connectivity index (χ1) is 48.6. The predicted octanol–water partition coefficient (Wildman–Crippen LogP) is 17.0. The lowest BCUT2D eigenvalue weighted by atomic mass is 9.82. The van der Waals surface area contributed by atoms with Crippen LogP contribution in [-0.2, 0) is 42.9 Å². The van der Waals surface area contributed by atoms with Crippen molar-refractivity contribution in [3.63, 3.8) is 0 Å². The highest BCUT2D eigenvalue weighted by Gasteiger charge is 2.30. The fourth-order valence-corrected chi connectivity index (χ4v) is 12.3. The number of esters is 5. The second-order valence-corrected chi connectivity index (χ2v) is 26.1. The largest absolute Gasteiger partial charge is 0.494 e. The highest BCUT2D eigenvalue weighted by Crippen LogP contribution is 2.40. The van der Waals surface area contributed by atoms with E-state index < -0.39 is 5.97 Å². The molecule has 2 aliphatic carbocycles. The average molecular weight is 1360 g/mol. The number of aromatic nitrogens is 2. The van der Waals surface area contributed by atoms with Crippen LogP contribution in [0.15, 0.2) is 164 Å². The van der Waals surface area contributed by atoms with Gasteiger partial charge in [0.1, 0.15) is 53.5 Å². The van der Waals surface area contributed by atoms with Crippen LogP contribution < -0.4 is 33.2 Å². The van der Waals surface area contributed by atoms with Crippen molar-refractivity contribution in [1.82, 2.24) is 9.97 Å². The summed E-state index contributed by atoms with van der Waals surface area (Å²) in [5.41, 5.74) is 5.93. The molecule has 18 nitrogen and oxygen atoms in total. The Morgan fingerprint density at radius 3 is 1.24 bits per heavy atom. The summed E-state index contributed by atoms with van der Waals surface area (Å²) in [7, 11) is 0. The third-order valence-electron chi connectivity index (χ3n) is 18.1. The molecule has 1 aromatic heterocycles. The molecule has 8 aromatic rings. The van der Waals surface area contributed by atoms with Crippen LogP contribution in [0, 0.1) is 23.7 Å². The van der Waals surface area contributed by atoms with Crippen LogP contribution in [0.5, 0.6) is 40.2 Å². The van der Waals surface area contributed by atoms with E-state index in [0.29, 0.717) is 135 Å². The Bertz CT molecular complexity index is 4150. The molecule has 0 unspecified atom stereocenters. The Morgan fingerprint density at radius 2 is 0.760 bits per heavy atom. The molecular formula is C82H92N2O16. The van der Waals surface area contributed by atoms with E-state index in [4.69, 9.17) is 62.1 Å². The predicted molar refractivity (Wildman–Crippen MR) is 385 cm³/mol. The van der Waals surface area contributed by atoms with E-state index in [2.05, 4.69) is 50.1 Å². The number of carbonyl (C=O) groups excluding carboxylic acids is 5. The molecular weight excluding hydrogens is 1270 g/mol. The minimum Gasteiger partial charge on any atom is -0.494 e. The number of unbranched alkanes of at least 4 members (excludes halogenated alkanes) is 6. The lowest BCUT2D eigenvalue weighted by Gasteiger charge is -2.27. The molecule has 18 heteroatoms. The lowest BCUT2D eigenvalue weighted by molar-refractivity contribution is -0.141. The highest BCUT2D eigenvalue weighted by atomic mass is 16.6. The van der Waals surface area contributed by atoms with Crippen LogP contribution in [0.3, 0.4) is 0 Å². The van der Waals surface area contributed by atoms with E-state index in [0.717, 1.165) is 132 Å². The molecule has 0 N–H and O–H groups in total. The molecule has 526 valence electrons. The number of benzene rings is 7. The molecule has 0 aliphatic heterocycles. The Labute approximate surface area is 585 Å². The number of hydrogen-bond acceptors (Lipinski definition) is 18. The SMILES string of the molecule is C=C(C)C(=O)OCCCCCCOc1ccc(OC(=O)C2CCC(COc3ccc4c5ccc(OCC6CCC(C(=O)Oc7ccc(OCCCCCCOC(=O)C(=C)C)cc7)CC6)cc5c5nc6cc(-c7cccc(OCCOCCOC(=O)C(=C)C)c7)ccc6nc5c4c3)CC2)cc1. The first-order valence-electron chi connectivity index (χ1n) is 35.1. The average Bonchev–Trinajstić information content (AvgIpc) is 0.731. The topological polar surface area (TPSA) is 213 Å². The molecule has 0 bridgehead atoms. The van der Waals surface area contributed by atoms with Crippen LogP contribution in [0.25, 0.3) is 54.7 Å². The Morgan fingerprint density at radius 1 is 0.360 bits per heavy atom. The van der Waals surface area contributed by atoms with Crippen LogP contribution in [0.2, 0.25) is 0 Å². The van der Waals surface area contributed by atoms with Crippen molar-refractivity contribution in [3.05, 3.63) is 164 Å². The third-order valence-corrected chi connectivity index (χ3v) is 18.1. The lowest BCUT2D eigenvalue weighted by Crippen LogP contribution is -2.27. The molecule has 0 saturated heterocycles. The second-order valence-electron chi connectivity index (χ2n) is 26.1. The molecule has 2 aliphatic rings. The molecule has 0 spiro atoms. The summed E-state index contributed by atoms with van der Waals surface area (Å²) in [6, 6.07) is 40.7. The van der Waals surface area contributed by atoms with Gasteiger partial charge in [-0.3, -0.25) is 9.59 Å². The third kappa shape index (κ3) is 21.4. The van der Waals surface area contributed by atoms with Crippen LogP contribution in [-0.4, -0.2) is 106 Å². The Kier molecular flexibility index (Phi) is 26.9. The van der Waals surface area contributed by atoms with Crippen LogP contribution in [0.4, 0.5) is 0 Å². The van der Waals surface area contributed by atoms with Gasteiger partial charge >= 0.3 is 29.8 Å². The summed E-state index contributed by atoms with van der Waals surface area (Å²) in [4.78, 5) is 72.4. The normalized spacial score (nSPS) is 15.9. The zero-order valence-corrected chi connectivity index (χ0v) is 57.9. The van der Waals surface area contributed by atoms with Crippen molar-refractivity contribution < 1.29 is 76.1 Å². The van der Waals surface area contributed by atoms with Gasteiger partial charge in [-0.2, -0.15) is 0 Å². The first-order valence-corrected chi connectivity index (χ1v) is 35.1. The van der Waals surface area contributed by atoms with Crippen molar-refractivity contribution >= 4 is 73.5 Å². The van der Waals surface area contributed by atoms with E-state index in [1.807, 2.05) is 72.8 Å². The minimum atomic E-state index is -0.447. The van der Waals surface area contributed by atoms with E-state index in [1.165, 1.54) is 0 Å². The van der Waals surface area contributed by atoms with Gasteiger partial charge in [0, 0.05) is 27.5 Å². The monoisotopic (exact) mass is 1360 g/mol. The molecule has 2 fully saturated rings. The molecule has 0 radical (unpaired) electrons. The summed E-state index contributed by atoms with van der Waals surface area (Å²) in [5.74, 6) is 3.01. The smallest absolute Gasteiger partial charge is 0.333 e. The summed E-state index contributed by atoms with van der Waals surface area (Å²) < 4.78 is 63.9. The molecule has 10 rings (SSSR count). The van der Waals surface area contributed by atoms with Crippen LogP contribution in [0.1, 0.15) is 124 Å². The first kappa shape index (κ1) is 72.9. The van der Waals surface area contributed by atoms with Gasteiger partial charge in [0.05, 0.1) is 86.8 Å². The molecule has 2 saturated carbocycles. The molecule has 7 aromatic carbocycles. The van der Waals surface area contributed by atoms with E-state index in [-0.39, 0.29) is 60.8 Å². The van der Waals surface area contributed by atoms with Crippen LogP contribution >= 0.6 is 0 Å². The van der Waals surface area contributed by atoms with Crippen molar-refractivity contribution in [2.75, 3.05) is 66.1 Å². The van der Waals surface area contributed by atoms with Gasteiger partial charge in [-0.05, 0) is 266 Å². The maximum atomic E-state index is 13.4. The van der Waals surface area contributed by atoms with Crippen molar-refractivity contribution in [1.29, 1.82) is 0 Å². The minimum absolute atomic E-state index is 0.133. The van der Waals surface area contributed by atoms with E-state index in [9.17, 15) is 24.0 Å². The summed E-state index contributed by atoms with van der Waals surface area (Å²) in [6.45, 7) is 19.6. The summed E-state index contributed by atoms with van der Waals surface area (Å²) in [5, 5.41) is 3.80. The fourth-order valence-electron chi connectivity index (χ4n) is 12.3. The van der Waals surface area contributed by atoms with Crippen molar-refractivity contribution in [3.8, 4) is 51.4 Å². The molecule has 1 heterocycles. The van der Waals surface area contributed by atoms with Gasteiger partial charge in [-0.15, -0.1) is 0 Å². The standard InChI is InChI=1S/C82H92N2O16/c1-54(2)78(85)94-42-13-9-7-11-40-91-63-27-31-65(32-28-63)99-81(88)59-22-18-57(19-23-59)52-97-68-35-37-70-71-38-36-69(98-53-58-20-24-60(25-21-58)82(89)100-66-33-29-64(30-34-66)92-41-12-8-10-14-43-95-79(86)55(3)4)51-73(71)77-76(72(70)50-68)83-74-39-26-62(49-75(74)84-77)61-16-15-17-67(48-61)93-46-44-90-45-47-96-80(87)56(5)6/h15-17,26-39,48-51,57-60H,1,3,5,7-14,18-25,40-47,52-53H2,2,4,6H3. The van der Waals surface area contributed by atoms with E-state index >= 15 is 0 Å². The van der Waals surface area contributed by atoms with Crippen molar-refractivity contribution in [2.24, 2.45) is 23.7 Å². The number of nitrogens with zero attached hydrogens (tertiary/aromatic N) is 2.